The molecular weight excluding hydrogens is 344 g/mol. The molecule has 1 saturated heterocycles. The number of hydrogen-bond acceptors (Lipinski definition) is 4. The van der Waals surface area contributed by atoms with Gasteiger partial charge in [-0.3, -0.25) is 9.59 Å². The van der Waals surface area contributed by atoms with Crippen molar-refractivity contribution in [3.8, 4) is 11.5 Å². The monoisotopic (exact) mass is 374 g/mol. The SMILES string of the molecule is COc1ccc(C(=O)NC2CCN(C(=O)C3CCCCC3)CC2)c(OC)c1. The fourth-order valence-electron chi connectivity index (χ4n) is 4.10. The van der Waals surface area contributed by atoms with Crippen LogP contribution in [-0.2, 0) is 4.79 Å². The van der Waals surface area contributed by atoms with Crippen LogP contribution >= 0.6 is 0 Å². The normalized spacial score (nSPS) is 18.8. The van der Waals surface area contributed by atoms with E-state index in [9.17, 15) is 9.59 Å². The van der Waals surface area contributed by atoms with E-state index in [-0.39, 0.29) is 17.9 Å². The van der Waals surface area contributed by atoms with Gasteiger partial charge in [0, 0.05) is 31.1 Å². The van der Waals surface area contributed by atoms with Gasteiger partial charge in [0.05, 0.1) is 19.8 Å². The van der Waals surface area contributed by atoms with Gasteiger partial charge in [-0.05, 0) is 37.8 Å². The highest BCUT2D eigenvalue weighted by Gasteiger charge is 2.29. The van der Waals surface area contributed by atoms with E-state index in [2.05, 4.69) is 5.32 Å². The van der Waals surface area contributed by atoms with Gasteiger partial charge in [0.1, 0.15) is 11.5 Å². The number of rotatable bonds is 5. The summed E-state index contributed by atoms with van der Waals surface area (Å²) in [5, 5.41) is 3.09. The van der Waals surface area contributed by atoms with Crippen LogP contribution in [0.1, 0.15) is 55.3 Å². The second-order valence-corrected chi connectivity index (χ2v) is 7.47. The molecule has 1 heterocycles. The van der Waals surface area contributed by atoms with Crippen molar-refractivity contribution in [3.05, 3.63) is 23.8 Å². The van der Waals surface area contributed by atoms with Crippen molar-refractivity contribution in [3.63, 3.8) is 0 Å². The molecule has 1 aromatic carbocycles. The summed E-state index contributed by atoms with van der Waals surface area (Å²) >= 11 is 0. The highest BCUT2D eigenvalue weighted by Crippen LogP contribution is 2.27. The predicted molar refractivity (Wildman–Crippen MR) is 103 cm³/mol. The van der Waals surface area contributed by atoms with Gasteiger partial charge < -0.3 is 19.7 Å². The average molecular weight is 374 g/mol. The Kier molecular flexibility index (Phi) is 6.58. The zero-order valence-electron chi connectivity index (χ0n) is 16.3. The number of hydrogen-bond donors (Lipinski definition) is 1. The summed E-state index contributed by atoms with van der Waals surface area (Å²) in [7, 11) is 3.12. The van der Waals surface area contributed by atoms with Crippen LogP contribution in [0.2, 0.25) is 0 Å². The Morgan fingerprint density at radius 3 is 2.33 bits per heavy atom. The largest absolute Gasteiger partial charge is 0.497 e. The van der Waals surface area contributed by atoms with Crippen molar-refractivity contribution in [2.45, 2.75) is 51.0 Å². The molecule has 0 spiro atoms. The zero-order valence-corrected chi connectivity index (χ0v) is 16.3. The first-order valence-electron chi connectivity index (χ1n) is 9.94. The van der Waals surface area contributed by atoms with Gasteiger partial charge in [-0.1, -0.05) is 19.3 Å². The molecule has 2 amide bonds. The van der Waals surface area contributed by atoms with Crippen molar-refractivity contribution < 1.29 is 19.1 Å². The molecule has 0 radical (unpaired) electrons. The van der Waals surface area contributed by atoms with E-state index in [4.69, 9.17) is 9.47 Å². The maximum atomic E-state index is 12.7. The molecular formula is C21H30N2O4. The Labute approximate surface area is 161 Å². The number of nitrogens with zero attached hydrogens (tertiary/aromatic N) is 1. The number of ether oxygens (including phenoxy) is 2. The van der Waals surface area contributed by atoms with Gasteiger partial charge in [-0.15, -0.1) is 0 Å². The van der Waals surface area contributed by atoms with Crippen LogP contribution < -0.4 is 14.8 Å². The van der Waals surface area contributed by atoms with E-state index < -0.39 is 0 Å². The second kappa shape index (κ2) is 9.11. The molecule has 0 atom stereocenters. The number of piperidine rings is 1. The van der Waals surface area contributed by atoms with Crippen LogP contribution in [0, 0.1) is 5.92 Å². The lowest BCUT2D eigenvalue weighted by Gasteiger charge is -2.35. The van der Waals surface area contributed by atoms with Gasteiger partial charge in [-0.25, -0.2) is 0 Å². The number of methoxy groups -OCH3 is 2. The lowest BCUT2D eigenvalue weighted by molar-refractivity contribution is -0.137. The van der Waals surface area contributed by atoms with E-state index in [1.54, 1.807) is 32.4 Å². The molecule has 6 heteroatoms. The molecule has 2 aliphatic rings. The Hall–Kier alpha value is -2.24. The van der Waals surface area contributed by atoms with E-state index in [0.29, 0.717) is 23.0 Å². The first-order chi connectivity index (χ1) is 13.1. The quantitative estimate of drug-likeness (QED) is 0.860. The Morgan fingerprint density at radius 2 is 1.70 bits per heavy atom. The second-order valence-electron chi connectivity index (χ2n) is 7.47. The maximum Gasteiger partial charge on any atom is 0.255 e. The molecule has 3 rings (SSSR count). The lowest BCUT2D eigenvalue weighted by Crippen LogP contribution is -2.48. The fraction of sp³-hybridized carbons (Fsp3) is 0.619. The van der Waals surface area contributed by atoms with Crippen LogP contribution in [0.25, 0.3) is 0 Å². The number of carbonyl (C=O) groups excluding carboxylic acids is 2. The smallest absolute Gasteiger partial charge is 0.255 e. The molecule has 1 aliphatic carbocycles. The van der Waals surface area contributed by atoms with Crippen molar-refractivity contribution in [1.82, 2.24) is 10.2 Å². The van der Waals surface area contributed by atoms with Crippen LogP contribution in [0.4, 0.5) is 0 Å². The number of likely N-dealkylation sites (tertiary alicyclic amines) is 1. The minimum absolute atomic E-state index is 0.0831. The standard InChI is InChI=1S/C21H30N2O4/c1-26-17-8-9-18(19(14-17)27-2)20(24)22-16-10-12-23(13-11-16)21(25)15-6-4-3-5-7-15/h8-9,14-16H,3-7,10-13H2,1-2H3,(H,22,24). The molecule has 1 saturated carbocycles. The van der Waals surface area contributed by atoms with E-state index in [1.807, 2.05) is 4.90 Å². The number of nitrogens with one attached hydrogen (secondary N) is 1. The van der Waals surface area contributed by atoms with Crippen LogP contribution in [0.15, 0.2) is 18.2 Å². The molecule has 2 fully saturated rings. The van der Waals surface area contributed by atoms with Gasteiger partial charge in [0.2, 0.25) is 5.91 Å². The molecule has 0 aromatic heterocycles. The van der Waals surface area contributed by atoms with Crippen molar-refractivity contribution in [2.75, 3.05) is 27.3 Å². The Balaban J connectivity index is 1.53. The molecule has 1 aliphatic heterocycles. The molecule has 0 unspecified atom stereocenters. The van der Waals surface area contributed by atoms with Crippen LogP contribution in [0.5, 0.6) is 11.5 Å². The highest BCUT2D eigenvalue weighted by atomic mass is 16.5. The van der Waals surface area contributed by atoms with Gasteiger partial charge in [0.15, 0.2) is 0 Å². The topological polar surface area (TPSA) is 67.9 Å². The molecule has 27 heavy (non-hydrogen) atoms. The third kappa shape index (κ3) is 4.73. The summed E-state index contributed by atoms with van der Waals surface area (Å²) in [6.45, 7) is 1.44. The van der Waals surface area contributed by atoms with E-state index >= 15 is 0 Å². The van der Waals surface area contributed by atoms with Crippen LogP contribution in [0.3, 0.4) is 0 Å². The lowest BCUT2D eigenvalue weighted by atomic mass is 9.87. The van der Waals surface area contributed by atoms with Crippen molar-refractivity contribution in [1.29, 1.82) is 0 Å². The summed E-state index contributed by atoms with van der Waals surface area (Å²) in [5.41, 5.74) is 0.499. The van der Waals surface area contributed by atoms with Gasteiger partial charge in [-0.2, -0.15) is 0 Å². The molecule has 1 N–H and O–H groups in total. The van der Waals surface area contributed by atoms with Gasteiger partial charge >= 0.3 is 0 Å². The molecule has 6 nitrogen and oxygen atoms in total. The first kappa shape index (κ1) is 19.5. The maximum absolute atomic E-state index is 12.7. The third-order valence-electron chi connectivity index (χ3n) is 5.75. The summed E-state index contributed by atoms with van der Waals surface area (Å²) < 4.78 is 10.5. The average Bonchev–Trinajstić information content (AvgIpc) is 2.73. The zero-order chi connectivity index (χ0) is 19.2. The molecule has 0 bridgehead atoms. The highest BCUT2D eigenvalue weighted by molar-refractivity contribution is 5.97. The predicted octanol–water partition coefficient (Wildman–Crippen LogP) is 3.00. The molecule has 148 valence electrons. The Bertz CT molecular complexity index is 662. The summed E-state index contributed by atoms with van der Waals surface area (Å²) in [6, 6.07) is 5.26. The van der Waals surface area contributed by atoms with Crippen LogP contribution in [-0.4, -0.2) is 50.1 Å². The third-order valence-corrected chi connectivity index (χ3v) is 5.75. The van der Waals surface area contributed by atoms with E-state index in [1.165, 1.54) is 19.3 Å². The first-order valence-corrected chi connectivity index (χ1v) is 9.94. The summed E-state index contributed by atoms with van der Waals surface area (Å²) in [6.07, 6.45) is 7.26. The number of benzene rings is 1. The number of amides is 2. The molecule has 1 aromatic rings. The van der Waals surface area contributed by atoms with Gasteiger partial charge in [0.25, 0.3) is 5.91 Å². The summed E-state index contributed by atoms with van der Waals surface area (Å²) in [5.74, 6) is 1.53. The Morgan fingerprint density at radius 1 is 1.00 bits per heavy atom. The fourth-order valence-corrected chi connectivity index (χ4v) is 4.10. The van der Waals surface area contributed by atoms with E-state index in [0.717, 1.165) is 38.8 Å². The summed E-state index contributed by atoms with van der Waals surface area (Å²) in [4.78, 5) is 27.3. The van der Waals surface area contributed by atoms with Crippen molar-refractivity contribution >= 4 is 11.8 Å². The number of carbonyl (C=O) groups is 2. The minimum Gasteiger partial charge on any atom is -0.497 e. The van der Waals surface area contributed by atoms with Crippen molar-refractivity contribution in [2.24, 2.45) is 5.92 Å². The minimum atomic E-state index is -0.147.